The number of anilines is 1. The predicted octanol–water partition coefficient (Wildman–Crippen LogP) is 2.39. The van der Waals surface area contributed by atoms with E-state index in [9.17, 15) is 9.59 Å². The van der Waals surface area contributed by atoms with E-state index in [-0.39, 0.29) is 36.9 Å². The number of carbonyl (C=O) groups excluding carboxylic acids is 2. The highest BCUT2D eigenvalue weighted by Gasteiger charge is 2.35. The lowest BCUT2D eigenvalue weighted by atomic mass is 10.1. The van der Waals surface area contributed by atoms with Gasteiger partial charge in [0.25, 0.3) is 5.91 Å². The van der Waals surface area contributed by atoms with E-state index in [1.807, 2.05) is 13.8 Å². The van der Waals surface area contributed by atoms with Crippen LogP contribution >= 0.6 is 27.5 Å². The van der Waals surface area contributed by atoms with Crippen molar-refractivity contribution < 1.29 is 19.4 Å². The minimum Gasteiger partial charge on any atom is -0.466 e. The van der Waals surface area contributed by atoms with Crippen molar-refractivity contribution in [1.29, 1.82) is 0 Å². The Labute approximate surface area is 153 Å². The Morgan fingerprint density at radius 3 is 2.75 bits per heavy atom. The fourth-order valence-corrected chi connectivity index (χ4v) is 3.47. The molecule has 1 heterocycles. The standard InChI is InChI=1S/C16H18BrClN2O4/c1-8-6-11(18)14(12(17)9(8)2)19-13-10(16(23)24-3)7-20(4-5-21)15(13)22/h6,19,21H,4-5,7H2,1-3H3. The molecule has 24 heavy (non-hydrogen) atoms. The largest absolute Gasteiger partial charge is 0.466 e. The van der Waals surface area contributed by atoms with Crippen molar-refractivity contribution in [2.24, 2.45) is 0 Å². The van der Waals surface area contributed by atoms with E-state index in [1.165, 1.54) is 12.0 Å². The molecule has 2 N–H and O–H groups in total. The van der Waals surface area contributed by atoms with Gasteiger partial charge >= 0.3 is 5.97 Å². The number of carbonyl (C=O) groups is 2. The van der Waals surface area contributed by atoms with Gasteiger partial charge in [0.05, 0.1) is 36.5 Å². The molecule has 0 radical (unpaired) electrons. The van der Waals surface area contributed by atoms with Gasteiger partial charge in [-0.1, -0.05) is 11.6 Å². The molecule has 1 aliphatic rings. The minimum absolute atomic E-state index is 0.0779. The van der Waals surface area contributed by atoms with Crippen molar-refractivity contribution in [2.45, 2.75) is 13.8 Å². The highest BCUT2D eigenvalue weighted by atomic mass is 79.9. The van der Waals surface area contributed by atoms with Crippen LogP contribution in [0.5, 0.6) is 0 Å². The third-order valence-electron chi connectivity index (χ3n) is 3.93. The van der Waals surface area contributed by atoms with Crippen molar-refractivity contribution in [1.82, 2.24) is 4.90 Å². The van der Waals surface area contributed by atoms with Crippen molar-refractivity contribution in [3.05, 3.63) is 38.0 Å². The lowest BCUT2D eigenvalue weighted by Crippen LogP contribution is -2.31. The molecule has 1 amide bonds. The Bertz CT molecular complexity index is 733. The fraction of sp³-hybridized carbons (Fsp3) is 0.375. The Hall–Kier alpha value is -1.57. The number of aryl methyl sites for hydroxylation is 1. The first-order chi connectivity index (χ1) is 11.3. The van der Waals surface area contributed by atoms with E-state index in [1.54, 1.807) is 6.07 Å². The molecule has 8 heteroatoms. The molecule has 1 aliphatic heterocycles. The van der Waals surface area contributed by atoms with Gasteiger partial charge in [-0.25, -0.2) is 4.79 Å². The summed E-state index contributed by atoms with van der Waals surface area (Å²) in [5, 5.41) is 12.5. The molecule has 0 spiro atoms. The zero-order valence-electron chi connectivity index (χ0n) is 13.6. The first-order valence-corrected chi connectivity index (χ1v) is 8.42. The second-order valence-corrected chi connectivity index (χ2v) is 6.61. The van der Waals surface area contributed by atoms with E-state index >= 15 is 0 Å². The number of rotatable bonds is 5. The van der Waals surface area contributed by atoms with E-state index in [0.717, 1.165) is 15.6 Å². The van der Waals surface area contributed by atoms with Crippen molar-refractivity contribution >= 4 is 45.1 Å². The Balaban J connectivity index is 2.47. The lowest BCUT2D eigenvalue weighted by Gasteiger charge is -2.17. The summed E-state index contributed by atoms with van der Waals surface area (Å²) in [5.74, 6) is -0.979. The average molecular weight is 418 g/mol. The first-order valence-electron chi connectivity index (χ1n) is 7.25. The molecule has 130 valence electrons. The molecule has 1 aromatic rings. The molecule has 0 aromatic heterocycles. The maximum atomic E-state index is 12.5. The number of esters is 1. The molecule has 0 aliphatic carbocycles. The second-order valence-electron chi connectivity index (χ2n) is 5.41. The summed E-state index contributed by atoms with van der Waals surface area (Å²) in [7, 11) is 1.26. The van der Waals surface area contributed by atoms with Crippen LogP contribution in [0.2, 0.25) is 5.02 Å². The molecule has 0 bridgehead atoms. The smallest absolute Gasteiger partial charge is 0.337 e. The monoisotopic (exact) mass is 416 g/mol. The van der Waals surface area contributed by atoms with Gasteiger partial charge in [0, 0.05) is 11.0 Å². The highest BCUT2D eigenvalue weighted by molar-refractivity contribution is 9.10. The normalized spacial score (nSPS) is 14.4. The number of amides is 1. The molecule has 0 atom stereocenters. The van der Waals surface area contributed by atoms with Crippen LogP contribution in [0, 0.1) is 13.8 Å². The summed E-state index contributed by atoms with van der Waals surface area (Å²) >= 11 is 9.77. The molecule has 0 saturated heterocycles. The number of nitrogens with one attached hydrogen (secondary N) is 1. The number of aliphatic hydroxyl groups excluding tert-OH is 1. The van der Waals surface area contributed by atoms with Gasteiger partial charge in [-0.15, -0.1) is 0 Å². The van der Waals surface area contributed by atoms with Gasteiger partial charge in [-0.3, -0.25) is 4.79 Å². The summed E-state index contributed by atoms with van der Waals surface area (Å²) < 4.78 is 5.48. The maximum Gasteiger partial charge on any atom is 0.337 e. The number of methoxy groups -OCH3 is 1. The topological polar surface area (TPSA) is 78.9 Å². The van der Waals surface area contributed by atoms with Crippen LogP contribution in [0.25, 0.3) is 0 Å². The Kier molecular flexibility index (Phi) is 5.90. The van der Waals surface area contributed by atoms with Gasteiger partial charge in [-0.05, 0) is 47.0 Å². The number of halogens is 2. The molecule has 0 unspecified atom stereocenters. The van der Waals surface area contributed by atoms with Crippen LogP contribution in [0.3, 0.4) is 0 Å². The van der Waals surface area contributed by atoms with Crippen LogP contribution < -0.4 is 5.32 Å². The van der Waals surface area contributed by atoms with E-state index in [4.69, 9.17) is 21.4 Å². The number of ether oxygens (including phenoxy) is 1. The Morgan fingerprint density at radius 2 is 2.17 bits per heavy atom. The van der Waals surface area contributed by atoms with Gasteiger partial charge < -0.3 is 20.1 Å². The summed E-state index contributed by atoms with van der Waals surface area (Å²) in [5.41, 5.74) is 2.80. The van der Waals surface area contributed by atoms with E-state index < -0.39 is 5.97 Å². The summed E-state index contributed by atoms with van der Waals surface area (Å²) in [6, 6.07) is 1.78. The van der Waals surface area contributed by atoms with Crippen LogP contribution in [0.4, 0.5) is 5.69 Å². The second kappa shape index (κ2) is 7.55. The summed E-state index contributed by atoms with van der Waals surface area (Å²) in [6.45, 7) is 3.87. The third-order valence-corrected chi connectivity index (χ3v) is 5.22. The fourth-order valence-electron chi connectivity index (χ4n) is 2.42. The van der Waals surface area contributed by atoms with E-state index in [2.05, 4.69) is 21.2 Å². The van der Waals surface area contributed by atoms with Crippen LogP contribution in [0.15, 0.2) is 21.8 Å². The SMILES string of the molecule is COC(=O)C1=C(Nc2c(Cl)cc(C)c(C)c2Br)C(=O)N(CCO)C1. The van der Waals surface area contributed by atoms with Gasteiger partial charge in [0.15, 0.2) is 0 Å². The van der Waals surface area contributed by atoms with Crippen molar-refractivity contribution in [2.75, 3.05) is 32.1 Å². The number of hydrogen-bond acceptors (Lipinski definition) is 5. The molecule has 1 aromatic carbocycles. The van der Waals surface area contributed by atoms with E-state index in [0.29, 0.717) is 10.7 Å². The highest BCUT2D eigenvalue weighted by Crippen LogP contribution is 2.37. The predicted molar refractivity (Wildman–Crippen MR) is 95.0 cm³/mol. The number of β-amino-alcohol motifs (C(OH)–C–C–N with tert-alkyl or cyclic N) is 1. The lowest BCUT2D eigenvalue weighted by molar-refractivity contribution is -0.136. The summed E-state index contributed by atoms with van der Waals surface area (Å²) in [6.07, 6.45) is 0. The molecule has 2 rings (SSSR count). The number of hydrogen-bond donors (Lipinski definition) is 2. The molecule has 6 nitrogen and oxygen atoms in total. The maximum absolute atomic E-state index is 12.5. The zero-order valence-corrected chi connectivity index (χ0v) is 15.9. The van der Waals surface area contributed by atoms with Gasteiger partial charge in [0.1, 0.15) is 5.70 Å². The number of nitrogens with zero attached hydrogens (tertiary/aromatic N) is 1. The summed E-state index contributed by atoms with van der Waals surface area (Å²) in [4.78, 5) is 25.9. The quantitative estimate of drug-likeness (QED) is 0.719. The van der Waals surface area contributed by atoms with Crippen molar-refractivity contribution in [3.63, 3.8) is 0 Å². The van der Waals surface area contributed by atoms with Crippen molar-refractivity contribution in [3.8, 4) is 0 Å². The molecular formula is C16H18BrClN2O4. The van der Waals surface area contributed by atoms with Crippen LogP contribution in [-0.2, 0) is 14.3 Å². The van der Waals surface area contributed by atoms with Crippen LogP contribution in [-0.4, -0.2) is 48.7 Å². The minimum atomic E-state index is -0.595. The van der Waals surface area contributed by atoms with Gasteiger partial charge in [-0.2, -0.15) is 0 Å². The van der Waals surface area contributed by atoms with Crippen LogP contribution in [0.1, 0.15) is 11.1 Å². The zero-order chi connectivity index (χ0) is 18.0. The number of benzene rings is 1. The molecular weight excluding hydrogens is 400 g/mol. The molecule has 0 fully saturated rings. The number of aliphatic hydroxyl groups is 1. The third kappa shape index (κ3) is 3.43. The molecule has 0 saturated carbocycles. The van der Waals surface area contributed by atoms with Gasteiger partial charge in [0.2, 0.25) is 0 Å². The Morgan fingerprint density at radius 1 is 1.50 bits per heavy atom. The average Bonchev–Trinajstić information content (AvgIpc) is 2.85. The first kappa shape index (κ1) is 18.8.